The second-order valence-electron chi connectivity index (χ2n) is 24.6. The maximum Gasteiger partial charge on any atom is 0.584 e. The van der Waals surface area contributed by atoms with E-state index in [1.165, 1.54) is 10.4 Å². The third kappa shape index (κ3) is 9.86. The third-order valence-corrected chi connectivity index (χ3v) is 33.4. The van der Waals surface area contributed by atoms with E-state index in [9.17, 15) is 4.89 Å². The quantitative estimate of drug-likeness (QED) is 0.0871. The van der Waals surface area contributed by atoms with Crippen LogP contribution >= 0.6 is 7.82 Å². The molecule has 1 N–H and O–H groups in total. The first-order chi connectivity index (χ1) is 38.8. The number of hydrogen-bond acceptors (Lipinski definition) is 3. The van der Waals surface area contributed by atoms with Crippen molar-refractivity contribution in [2.45, 2.75) is 116 Å². The molecule has 1 aliphatic rings. The lowest BCUT2D eigenvalue weighted by atomic mass is 9.85. The molecule has 0 spiro atoms. The van der Waals surface area contributed by atoms with Crippen LogP contribution in [0.15, 0.2) is 206 Å². The van der Waals surface area contributed by atoms with Crippen LogP contribution in [0.25, 0.3) is 99.4 Å². The Morgan fingerprint density at radius 3 is 0.840 bits per heavy atom. The Morgan fingerprint density at radius 2 is 0.580 bits per heavy atom. The highest BCUT2D eigenvalue weighted by molar-refractivity contribution is 7.48. The first kappa shape index (κ1) is 55.8. The summed E-state index contributed by atoms with van der Waals surface area (Å²) >= 11 is 0. The summed E-state index contributed by atoms with van der Waals surface area (Å²) in [6.07, 6.45) is 0. The molecule has 0 saturated heterocycles. The Bertz CT molecular complexity index is 3580. The minimum atomic E-state index is -4.96. The molecule has 0 atom stereocenters. The average molecular weight is 1120 g/mol. The fourth-order valence-electron chi connectivity index (χ4n) is 15.4. The molecule has 0 fully saturated rings. The maximum atomic E-state index is 15.5. The molecule has 0 amide bonds. The summed E-state index contributed by atoms with van der Waals surface area (Å²) < 4.78 is 29.2. The van der Waals surface area contributed by atoms with Crippen molar-refractivity contribution in [1.82, 2.24) is 0 Å². The molecule has 0 bridgehead atoms. The second kappa shape index (κ2) is 22.0. The van der Waals surface area contributed by atoms with E-state index >= 15 is 4.57 Å². The van der Waals surface area contributed by atoms with Crippen LogP contribution in [-0.4, -0.2) is 21.0 Å². The van der Waals surface area contributed by atoms with Crippen LogP contribution in [0, 0.1) is 0 Å². The summed E-state index contributed by atoms with van der Waals surface area (Å²) in [5, 5.41) is 6.80. The highest BCUT2D eigenvalue weighted by Gasteiger charge is 2.46. The van der Waals surface area contributed by atoms with Crippen molar-refractivity contribution in [2.24, 2.45) is 0 Å². The molecule has 11 rings (SSSR count). The molecular formula is C74H77O4PSi2. The lowest BCUT2D eigenvalue weighted by Crippen LogP contribution is -2.55. The van der Waals surface area contributed by atoms with E-state index in [2.05, 4.69) is 265 Å². The van der Waals surface area contributed by atoms with Crippen molar-refractivity contribution in [3.05, 3.63) is 206 Å². The molecule has 0 aromatic heterocycles. The van der Waals surface area contributed by atoms with Crippen molar-refractivity contribution in [3.63, 3.8) is 0 Å². The first-order valence-electron chi connectivity index (χ1n) is 29.3. The van der Waals surface area contributed by atoms with E-state index in [4.69, 9.17) is 9.05 Å². The Morgan fingerprint density at radius 1 is 0.321 bits per heavy atom. The molecule has 1 aliphatic heterocycles. The van der Waals surface area contributed by atoms with Gasteiger partial charge in [-0.1, -0.05) is 251 Å². The number of phosphoric acid groups is 1. The minimum absolute atomic E-state index is 0.324. The van der Waals surface area contributed by atoms with Gasteiger partial charge in [0.15, 0.2) is 0 Å². The van der Waals surface area contributed by atoms with Crippen LogP contribution in [0.3, 0.4) is 0 Å². The largest absolute Gasteiger partial charge is 0.584 e. The standard InChI is InChI=1S/C74H77O4PSi2/c1-47(2)80(48(3)4,49(5)6)65-33-35-67-63(43-65)45-69(61-39-57(53-25-17-13-18-26-53)37-58(40-61)54-27-19-14-20-28-54)73-71(67)72-68-36-34-66(81(50(7)8,51(9)10)52(11)12)44-64(68)46-70(74(72)78-79(75,76)77-73)62-41-59(55-29-21-15-22-30-55)38-60(42-62)56-31-23-16-24-32-56/h13-52H,1-12H3,(H,75,76). The molecule has 410 valence electrons. The summed E-state index contributed by atoms with van der Waals surface area (Å²) in [6.45, 7) is 29.1. The predicted octanol–water partition coefficient (Wildman–Crippen LogP) is 21.3. The Balaban J connectivity index is 1.34. The molecule has 4 nitrogen and oxygen atoms in total. The molecule has 0 saturated carbocycles. The molecule has 0 radical (unpaired) electrons. The van der Waals surface area contributed by atoms with E-state index < -0.39 is 24.0 Å². The van der Waals surface area contributed by atoms with E-state index in [0.29, 0.717) is 44.7 Å². The Labute approximate surface area is 483 Å². The zero-order valence-electron chi connectivity index (χ0n) is 49.2. The number of hydrogen-bond donors (Lipinski definition) is 1. The molecule has 0 aliphatic carbocycles. The van der Waals surface area contributed by atoms with Gasteiger partial charge in [0.1, 0.15) is 11.5 Å². The van der Waals surface area contributed by atoms with Gasteiger partial charge in [0.25, 0.3) is 0 Å². The molecule has 10 aromatic carbocycles. The molecule has 0 unspecified atom stereocenters. The van der Waals surface area contributed by atoms with Crippen molar-refractivity contribution in [3.8, 4) is 89.4 Å². The molecular weight excluding hydrogens is 1040 g/mol. The summed E-state index contributed by atoms with van der Waals surface area (Å²) in [6, 6.07) is 74.1. The van der Waals surface area contributed by atoms with E-state index in [-0.39, 0.29) is 0 Å². The van der Waals surface area contributed by atoms with Gasteiger partial charge in [-0.05, 0) is 159 Å². The van der Waals surface area contributed by atoms with E-state index in [0.717, 1.165) is 99.4 Å². The normalized spacial score (nSPS) is 13.5. The van der Waals surface area contributed by atoms with Crippen molar-refractivity contribution < 1.29 is 18.5 Å². The number of phosphoric ester groups is 1. The van der Waals surface area contributed by atoms with Gasteiger partial charge in [0, 0.05) is 22.3 Å². The van der Waals surface area contributed by atoms with Crippen LogP contribution in [0.1, 0.15) is 83.1 Å². The number of benzene rings is 10. The highest BCUT2D eigenvalue weighted by Crippen LogP contribution is 2.62. The van der Waals surface area contributed by atoms with Crippen molar-refractivity contribution >= 4 is 55.9 Å². The van der Waals surface area contributed by atoms with Gasteiger partial charge >= 0.3 is 7.82 Å². The topological polar surface area (TPSA) is 55.8 Å². The van der Waals surface area contributed by atoms with Gasteiger partial charge in [-0.25, -0.2) is 4.57 Å². The molecule has 10 aromatic rings. The average Bonchev–Trinajstić information content (AvgIpc) is 3.09. The van der Waals surface area contributed by atoms with Crippen molar-refractivity contribution in [2.75, 3.05) is 0 Å². The lowest BCUT2D eigenvalue weighted by molar-refractivity contribution is 0.295. The third-order valence-electron chi connectivity index (χ3n) is 18.5. The number of fused-ring (bicyclic) bond motifs is 7. The summed E-state index contributed by atoms with van der Waals surface area (Å²) in [5.41, 5.74) is 15.9. The van der Waals surface area contributed by atoms with Gasteiger partial charge in [0.2, 0.25) is 0 Å². The van der Waals surface area contributed by atoms with Crippen molar-refractivity contribution in [1.29, 1.82) is 0 Å². The lowest BCUT2D eigenvalue weighted by Gasteiger charge is -2.44. The molecule has 7 heteroatoms. The van der Waals surface area contributed by atoms with Gasteiger partial charge in [-0.3, -0.25) is 4.89 Å². The second-order valence-corrected chi connectivity index (χ2v) is 37.8. The van der Waals surface area contributed by atoms with E-state index in [1.807, 2.05) is 24.3 Å². The fourth-order valence-corrected chi connectivity index (χ4v) is 29.9. The van der Waals surface area contributed by atoms with Crippen LogP contribution in [0.2, 0.25) is 33.2 Å². The summed E-state index contributed by atoms with van der Waals surface area (Å²) in [7, 11) is -9.40. The van der Waals surface area contributed by atoms with E-state index in [1.54, 1.807) is 0 Å². The minimum Gasteiger partial charge on any atom is -0.394 e. The fraction of sp³-hybridized carbons (Fsp3) is 0.243. The van der Waals surface area contributed by atoms with Gasteiger partial charge in [-0.15, -0.1) is 0 Å². The summed E-state index contributed by atoms with van der Waals surface area (Å²) in [4.78, 5) is 12.7. The van der Waals surface area contributed by atoms with Crippen LogP contribution in [0.5, 0.6) is 11.5 Å². The SMILES string of the molecule is CC(C)[Si](c1ccc2c3c(c(-c4cc(-c5ccccc5)cc(-c5ccccc5)c4)cc2c1)OP(=O)(O)Oc1c(-c2cc(-c4ccccc4)cc(-c4ccccc4)c2)cc2cc([Si](C(C)C)(C(C)C)C(C)C)ccc2c1-3)(C(C)C)C(C)C. The number of rotatable bonds is 14. The molecule has 81 heavy (non-hydrogen) atoms. The van der Waals surface area contributed by atoms with Crippen LogP contribution < -0.4 is 19.4 Å². The Kier molecular flexibility index (Phi) is 15.2. The predicted molar refractivity (Wildman–Crippen MR) is 352 cm³/mol. The van der Waals surface area contributed by atoms with Gasteiger partial charge in [0.05, 0.1) is 16.1 Å². The van der Waals surface area contributed by atoms with Crippen LogP contribution in [-0.2, 0) is 4.57 Å². The molecule has 1 heterocycles. The zero-order chi connectivity index (χ0) is 57.1. The van der Waals surface area contributed by atoms with Gasteiger partial charge < -0.3 is 9.05 Å². The van der Waals surface area contributed by atoms with Gasteiger partial charge in [-0.2, -0.15) is 0 Å². The highest BCUT2D eigenvalue weighted by atomic mass is 31.2. The van der Waals surface area contributed by atoms with Crippen LogP contribution in [0.4, 0.5) is 0 Å². The first-order valence-corrected chi connectivity index (χ1v) is 35.3. The zero-order valence-corrected chi connectivity index (χ0v) is 52.1. The monoisotopic (exact) mass is 1120 g/mol. The summed E-state index contributed by atoms with van der Waals surface area (Å²) in [5.74, 6) is 0.648. The Hall–Kier alpha value is -7.06. The maximum absolute atomic E-state index is 15.5. The smallest absolute Gasteiger partial charge is 0.394 e.